The maximum atomic E-state index is 5.94. The van der Waals surface area contributed by atoms with Gasteiger partial charge >= 0.3 is 0 Å². The molecule has 0 atom stereocenters. The second kappa shape index (κ2) is 4.76. The van der Waals surface area contributed by atoms with Crippen LogP contribution in [0.3, 0.4) is 0 Å². The highest BCUT2D eigenvalue weighted by molar-refractivity contribution is 5.69. The van der Waals surface area contributed by atoms with Gasteiger partial charge in [0.2, 0.25) is 11.6 Å². The zero-order valence-electron chi connectivity index (χ0n) is 11.2. The van der Waals surface area contributed by atoms with Gasteiger partial charge in [-0.05, 0) is 25.1 Å². The number of anilines is 1. The summed E-state index contributed by atoms with van der Waals surface area (Å²) in [6.07, 6.45) is 4.11. The van der Waals surface area contributed by atoms with Crippen molar-refractivity contribution in [1.82, 2.24) is 0 Å². The number of hydrogen-bond acceptors (Lipinski definition) is 2. The zero-order chi connectivity index (χ0) is 13.2. The van der Waals surface area contributed by atoms with E-state index < -0.39 is 0 Å². The van der Waals surface area contributed by atoms with E-state index in [4.69, 9.17) is 4.74 Å². The number of para-hydroxylation sites is 2. The van der Waals surface area contributed by atoms with Gasteiger partial charge in [-0.15, -0.1) is 0 Å². The van der Waals surface area contributed by atoms with E-state index in [-0.39, 0.29) is 0 Å². The van der Waals surface area contributed by atoms with E-state index in [1.807, 2.05) is 43.6 Å². The van der Waals surface area contributed by atoms with E-state index in [0.29, 0.717) is 0 Å². The lowest BCUT2D eigenvalue weighted by Gasteiger charge is -2.14. The van der Waals surface area contributed by atoms with E-state index in [0.717, 1.165) is 29.6 Å². The average Bonchev–Trinajstić information content (AvgIpc) is 2.78. The third-order valence-corrected chi connectivity index (χ3v) is 3.32. The highest BCUT2D eigenvalue weighted by Gasteiger charge is 2.25. The Kier molecular flexibility index (Phi) is 2.95. The van der Waals surface area contributed by atoms with Gasteiger partial charge in [-0.2, -0.15) is 0 Å². The Hall–Kier alpha value is -2.29. The van der Waals surface area contributed by atoms with Crippen LogP contribution in [-0.4, -0.2) is 6.54 Å². The molecule has 0 fully saturated rings. The van der Waals surface area contributed by atoms with Gasteiger partial charge in [0.05, 0.1) is 11.8 Å². The first-order chi connectivity index (χ1) is 9.29. The summed E-state index contributed by atoms with van der Waals surface area (Å²) in [5, 5.41) is 0. The predicted molar refractivity (Wildman–Crippen MR) is 75.7 cm³/mol. The van der Waals surface area contributed by atoms with E-state index in [9.17, 15) is 0 Å². The van der Waals surface area contributed by atoms with E-state index in [1.54, 1.807) is 0 Å². The summed E-state index contributed by atoms with van der Waals surface area (Å²) in [5.74, 6) is 1.81. The summed E-state index contributed by atoms with van der Waals surface area (Å²) in [6.45, 7) is 3.02. The first kappa shape index (κ1) is 11.8. The molecule has 0 amide bonds. The van der Waals surface area contributed by atoms with Crippen molar-refractivity contribution in [2.75, 3.05) is 11.4 Å². The van der Waals surface area contributed by atoms with Crippen LogP contribution in [0.5, 0.6) is 5.75 Å². The van der Waals surface area contributed by atoms with Crippen LogP contribution in [0, 0.1) is 0 Å². The number of pyridine rings is 1. The lowest BCUT2D eigenvalue weighted by Crippen LogP contribution is -2.31. The highest BCUT2D eigenvalue weighted by Crippen LogP contribution is 2.38. The maximum Gasteiger partial charge on any atom is 0.210 e. The molecule has 0 bridgehead atoms. The van der Waals surface area contributed by atoms with Crippen molar-refractivity contribution in [2.24, 2.45) is 7.05 Å². The summed E-state index contributed by atoms with van der Waals surface area (Å²) in [7, 11) is 2.03. The minimum absolute atomic E-state index is 0.880. The Labute approximate surface area is 113 Å². The lowest BCUT2D eigenvalue weighted by molar-refractivity contribution is -0.673. The summed E-state index contributed by atoms with van der Waals surface area (Å²) >= 11 is 0. The normalized spacial score (nSPS) is 15.5. The highest BCUT2D eigenvalue weighted by atomic mass is 16.5. The Morgan fingerprint density at radius 3 is 2.74 bits per heavy atom. The van der Waals surface area contributed by atoms with E-state index in [2.05, 4.69) is 34.6 Å². The molecule has 3 rings (SSSR count). The van der Waals surface area contributed by atoms with Crippen LogP contribution in [-0.2, 0) is 7.05 Å². The van der Waals surface area contributed by atoms with E-state index >= 15 is 0 Å². The number of rotatable bonds is 2. The lowest BCUT2D eigenvalue weighted by atomic mass is 10.3. The molecular formula is C16H17N2O+. The topological polar surface area (TPSA) is 16.4 Å². The van der Waals surface area contributed by atoms with Gasteiger partial charge in [-0.3, -0.25) is 0 Å². The van der Waals surface area contributed by atoms with Crippen LogP contribution in [0.2, 0.25) is 0 Å². The molecule has 3 heteroatoms. The van der Waals surface area contributed by atoms with Gasteiger partial charge in [-0.25, -0.2) is 4.57 Å². The molecule has 2 heterocycles. The summed E-state index contributed by atoms with van der Waals surface area (Å²) in [5.41, 5.74) is 2.25. The van der Waals surface area contributed by atoms with Crippen LogP contribution in [0.1, 0.15) is 12.6 Å². The van der Waals surface area contributed by atoms with Crippen molar-refractivity contribution in [2.45, 2.75) is 6.92 Å². The molecule has 0 radical (unpaired) electrons. The Bertz CT molecular complexity index is 634. The number of aromatic nitrogens is 1. The minimum Gasteiger partial charge on any atom is -0.438 e. The molecule has 3 nitrogen and oxygen atoms in total. The SMILES string of the molecule is CCN1/C(=C/c2cccc[n+]2C)Oc2ccccc21. The number of aryl methyl sites for hydroxylation is 1. The molecule has 0 spiro atoms. The molecular weight excluding hydrogens is 236 g/mol. The molecule has 1 aromatic carbocycles. The van der Waals surface area contributed by atoms with Crippen molar-refractivity contribution < 1.29 is 9.30 Å². The molecule has 0 aliphatic carbocycles. The van der Waals surface area contributed by atoms with Gasteiger partial charge in [-0.1, -0.05) is 12.1 Å². The maximum absolute atomic E-state index is 5.94. The van der Waals surface area contributed by atoms with Crippen LogP contribution in [0.25, 0.3) is 6.08 Å². The molecule has 19 heavy (non-hydrogen) atoms. The molecule has 1 aromatic heterocycles. The fraction of sp³-hybridized carbons (Fsp3) is 0.188. The molecule has 1 aliphatic rings. The number of benzene rings is 1. The molecule has 0 unspecified atom stereocenters. The second-order valence-corrected chi connectivity index (χ2v) is 4.53. The van der Waals surface area contributed by atoms with Crippen molar-refractivity contribution >= 4 is 11.8 Å². The molecule has 0 saturated carbocycles. The Morgan fingerprint density at radius 2 is 1.95 bits per heavy atom. The molecule has 2 aromatic rings. The average molecular weight is 253 g/mol. The van der Waals surface area contributed by atoms with Gasteiger partial charge in [0.25, 0.3) is 0 Å². The quantitative estimate of drug-likeness (QED) is 0.765. The van der Waals surface area contributed by atoms with Crippen LogP contribution >= 0.6 is 0 Å². The first-order valence-corrected chi connectivity index (χ1v) is 6.50. The summed E-state index contributed by atoms with van der Waals surface area (Å²) < 4.78 is 8.02. The number of hydrogen-bond donors (Lipinski definition) is 0. The first-order valence-electron chi connectivity index (χ1n) is 6.50. The third-order valence-electron chi connectivity index (χ3n) is 3.32. The Morgan fingerprint density at radius 1 is 1.16 bits per heavy atom. The van der Waals surface area contributed by atoms with Crippen LogP contribution in [0.4, 0.5) is 5.69 Å². The molecule has 1 aliphatic heterocycles. The van der Waals surface area contributed by atoms with E-state index in [1.165, 1.54) is 0 Å². The summed E-state index contributed by atoms with van der Waals surface area (Å²) in [4.78, 5) is 2.18. The fourth-order valence-corrected chi connectivity index (χ4v) is 2.30. The second-order valence-electron chi connectivity index (χ2n) is 4.53. The van der Waals surface area contributed by atoms with Gasteiger partial charge in [0, 0.05) is 18.7 Å². The van der Waals surface area contributed by atoms with Crippen molar-refractivity contribution in [3.63, 3.8) is 0 Å². The van der Waals surface area contributed by atoms with Crippen molar-refractivity contribution in [3.05, 3.63) is 60.2 Å². The number of fused-ring (bicyclic) bond motifs is 1. The van der Waals surface area contributed by atoms with Crippen LogP contribution < -0.4 is 14.2 Å². The zero-order valence-corrected chi connectivity index (χ0v) is 11.2. The van der Waals surface area contributed by atoms with Gasteiger partial charge < -0.3 is 9.64 Å². The molecule has 0 N–H and O–H groups in total. The smallest absolute Gasteiger partial charge is 0.210 e. The van der Waals surface area contributed by atoms with Gasteiger partial charge in [0.15, 0.2) is 11.9 Å². The molecule has 0 saturated heterocycles. The number of nitrogens with zero attached hydrogens (tertiary/aromatic N) is 2. The fourth-order valence-electron chi connectivity index (χ4n) is 2.30. The Balaban J connectivity index is 2.02. The monoisotopic (exact) mass is 253 g/mol. The largest absolute Gasteiger partial charge is 0.438 e. The predicted octanol–water partition coefficient (Wildman–Crippen LogP) is 2.73. The standard InChI is InChI=1S/C16H17N2O/c1-3-18-14-9-4-5-10-15(14)19-16(18)12-13-8-6-7-11-17(13)2/h4-12H,3H2,1-2H3/q+1. The van der Waals surface area contributed by atoms with Crippen molar-refractivity contribution in [1.29, 1.82) is 0 Å². The molecule has 96 valence electrons. The van der Waals surface area contributed by atoms with Crippen molar-refractivity contribution in [3.8, 4) is 5.75 Å². The summed E-state index contributed by atoms with van der Waals surface area (Å²) in [6, 6.07) is 14.3. The number of ether oxygens (including phenoxy) is 1. The third kappa shape index (κ3) is 2.08. The van der Waals surface area contributed by atoms with Crippen LogP contribution in [0.15, 0.2) is 54.5 Å². The minimum atomic E-state index is 0.880. The van der Waals surface area contributed by atoms with Gasteiger partial charge in [0.1, 0.15) is 7.05 Å².